The van der Waals surface area contributed by atoms with E-state index < -0.39 is 6.04 Å². The van der Waals surface area contributed by atoms with Crippen molar-refractivity contribution >= 4 is 24.2 Å². The van der Waals surface area contributed by atoms with Gasteiger partial charge in [-0.25, -0.2) is 0 Å². The molecule has 1 rings (SSSR count). The Bertz CT molecular complexity index is 521. The number of rotatable bonds is 7. The average Bonchev–Trinajstić information content (AvgIpc) is 2.50. The lowest BCUT2D eigenvalue weighted by Crippen LogP contribution is -2.40. The fourth-order valence-corrected chi connectivity index (χ4v) is 1.87. The van der Waals surface area contributed by atoms with E-state index in [2.05, 4.69) is 5.32 Å². The van der Waals surface area contributed by atoms with Crippen molar-refractivity contribution in [3.05, 3.63) is 29.8 Å². The summed E-state index contributed by atoms with van der Waals surface area (Å²) in [6, 6.07) is 6.60. The number of halogens is 1. The minimum Gasteiger partial charge on any atom is -0.483 e. The highest BCUT2D eigenvalue weighted by Crippen LogP contribution is 2.27. The number of carbonyl (C=O) groups is 2. The number of nitrogens with two attached hydrogens (primary N) is 1. The van der Waals surface area contributed by atoms with Crippen LogP contribution in [0.1, 0.15) is 31.9 Å². The lowest BCUT2D eigenvalue weighted by molar-refractivity contribution is -0.130. The van der Waals surface area contributed by atoms with Crippen LogP contribution in [0.15, 0.2) is 24.3 Å². The van der Waals surface area contributed by atoms with Gasteiger partial charge in [-0.3, -0.25) is 9.59 Å². The minimum absolute atomic E-state index is 0. The lowest BCUT2D eigenvalue weighted by Gasteiger charge is -2.22. The predicted octanol–water partition coefficient (Wildman–Crippen LogP) is 1.49. The largest absolute Gasteiger partial charge is 0.483 e. The van der Waals surface area contributed by atoms with Crippen molar-refractivity contribution in [3.63, 3.8) is 0 Å². The summed E-state index contributed by atoms with van der Waals surface area (Å²) in [7, 11) is 3.35. The molecule has 0 spiro atoms. The van der Waals surface area contributed by atoms with Gasteiger partial charge in [0.05, 0.1) is 12.1 Å². The summed E-state index contributed by atoms with van der Waals surface area (Å²) >= 11 is 0. The first-order valence-electron chi connectivity index (χ1n) is 7.34. The molecule has 7 heteroatoms. The maximum Gasteiger partial charge on any atom is 0.259 e. The maximum atomic E-state index is 11.8. The molecule has 0 aliphatic heterocycles. The maximum absolute atomic E-state index is 11.8. The van der Waals surface area contributed by atoms with Crippen LogP contribution in [0.25, 0.3) is 0 Å². The second-order valence-electron chi connectivity index (χ2n) is 5.37. The van der Waals surface area contributed by atoms with Crippen LogP contribution in [0.3, 0.4) is 0 Å². The van der Waals surface area contributed by atoms with Crippen molar-refractivity contribution in [1.82, 2.24) is 10.2 Å². The van der Waals surface area contributed by atoms with Gasteiger partial charge in [0.25, 0.3) is 5.91 Å². The van der Waals surface area contributed by atoms with E-state index in [0.29, 0.717) is 12.2 Å². The quantitative estimate of drug-likeness (QED) is 0.785. The number of carbonyl (C=O) groups excluding carboxylic acids is 2. The molecule has 1 unspecified atom stereocenters. The molecule has 0 radical (unpaired) electrons. The van der Waals surface area contributed by atoms with Gasteiger partial charge in [0, 0.05) is 19.7 Å². The van der Waals surface area contributed by atoms with Crippen LogP contribution in [-0.4, -0.2) is 43.5 Å². The van der Waals surface area contributed by atoms with Crippen LogP contribution in [0.5, 0.6) is 5.75 Å². The zero-order valence-electron chi connectivity index (χ0n) is 14.0. The Morgan fingerprint density at radius 3 is 2.43 bits per heavy atom. The standard InChI is InChI=1S/C16H25N3O3.ClH/c1-5-13(18-16(21)11(2)17)12-8-6-7-9-14(12)22-10-15(20)19(3)4;/h6-9,11,13H,5,10,17H2,1-4H3,(H,18,21);1H/t11-,13?;/m1./s1. The molecule has 0 heterocycles. The topological polar surface area (TPSA) is 84.7 Å². The van der Waals surface area contributed by atoms with Gasteiger partial charge in [-0.05, 0) is 19.4 Å². The Morgan fingerprint density at radius 2 is 1.91 bits per heavy atom. The zero-order chi connectivity index (χ0) is 16.7. The van der Waals surface area contributed by atoms with Crippen LogP contribution in [-0.2, 0) is 9.59 Å². The molecule has 23 heavy (non-hydrogen) atoms. The number of hydrogen-bond acceptors (Lipinski definition) is 4. The van der Waals surface area contributed by atoms with Crippen molar-refractivity contribution in [2.75, 3.05) is 20.7 Å². The van der Waals surface area contributed by atoms with Crippen molar-refractivity contribution in [2.24, 2.45) is 5.73 Å². The van der Waals surface area contributed by atoms with E-state index in [1.165, 1.54) is 4.90 Å². The molecule has 2 amide bonds. The molecule has 130 valence electrons. The van der Waals surface area contributed by atoms with Gasteiger partial charge < -0.3 is 20.7 Å². The molecule has 0 fully saturated rings. The third-order valence-electron chi connectivity index (χ3n) is 3.28. The summed E-state index contributed by atoms with van der Waals surface area (Å²) in [4.78, 5) is 24.9. The average molecular weight is 344 g/mol. The number of amides is 2. The van der Waals surface area contributed by atoms with Gasteiger partial charge in [-0.15, -0.1) is 12.4 Å². The van der Waals surface area contributed by atoms with Crippen molar-refractivity contribution in [2.45, 2.75) is 32.4 Å². The molecule has 1 aromatic carbocycles. The normalized spacial score (nSPS) is 12.6. The fraction of sp³-hybridized carbons (Fsp3) is 0.500. The van der Waals surface area contributed by atoms with E-state index in [1.54, 1.807) is 27.1 Å². The molecule has 2 atom stereocenters. The Morgan fingerprint density at radius 1 is 1.30 bits per heavy atom. The lowest BCUT2D eigenvalue weighted by atomic mass is 10.0. The number of para-hydroxylation sites is 1. The first kappa shape index (κ1) is 21.2. The smallest absolute Gasteiger partial charge is 0.259 e. The molecular formula is C16H26ClN3O3. The van der Waals surface area contributed by atoms with E-state index >= 15 is 0 Å². The second kappa shape index (κ2) is 10.1. The Hall–Kier alpha value is -1.79. The second-order valence-corrected chi connectivity index (χ2v) is 5.37. The summed E-state index contributed by atoms with van der Waals surface area (Å²) in [5, 5.41) is 2.89. The third-order valence-corrected chi connectivity index (χ3v) is 3.28. The molecule has 0 aliphatic rings. The number of hydrogen-bond donors (Lipinski definition) is 2. The first-order valence-corrected chi connectivity index (χ1v) is 7.34. The highest BCUT2D eigenvalue weighted by Gasteiger charge is 2.19. The van der Waals surface area contributed by atoms with Gasteiger partial charge in [0.1, 0.15) is 5.75 Å². The van der Waals surface area contributed by atoms with Crippen LogP contribution in [0, 0.1) is 0 Å². The first-order chi connectivity index (χ1) is 10.4. The van der Waals surface area contributed by atoms with Crippen molar-refractivity contribution in [1.29, 1.82) is 0 Å². The molecule has 1 aromatic rings. The molecule has 0 bridgehead atoms. The van der Waals surface area contributed by atoms with Crippen molar-refractivity contribution in [3.8, 4) is 5.75 Å². The van der Waals surface area contributed by atoms with Crippen LogP contribution in [0.2, 0.25) is 0 Å². The van der Waals surface area contributed by atoms with Crippen LogP contribution >= 0.6 is 12.4 Å². The van der Waals surface area contributed by atoms with Gasteiger partial charge in [0.2, 0.25) is 5.91 Å². The molecule has 0 saturated carbocycles. The number of likely N-dealkylation sites (N-methyl/N-ethyl adjacent to an activating group) is 1. The predicted molar refractivity (Wildman–Crippen MR) is 92.7 cm³/mol. The fourth-order valence-electron chi connectivity index (χ4n) is 1.87. The molecule has 6 nitrogen and oxygen atoms in total. The molecule has 0 aliphatic carbocycles. The van der Waals surface area contributed by atoms with E-state index in [9.17, 15) is 9.59 Å². The molecule has 0 aromatic heterocycles. The van der Waals surface area contributed by atoms with E-state index in [-0.39, 0.29) is 36.9 Å². The number of benzene rings is 1. The monoisotopic (exact) mass is 343 g/mol. The highest BCUT2D eigenvalue weighted by molar-refractivity contribution is 5.85. The molecule has 0 saturated heterocycles. The van der Waals surface area contributed by atoms with Crippen molar-refractivity contribution < 1.29 is 14.3 Å². The summed E-state index contributed by atoms with van der Waals surface area (Å²) in [6.07, 6.45) is 0.695. The molecular weight excluding hydrogens is 318 g/mol. The minimum atomic E-state index is -0.572. The number of nitrogens with one attached hydrogen (secondary N) is 1. The summed E-state index contributed by atoms with van der Waals surface area (Å²) in [5.74, 6) is 0.253. The zero-order valence-corrected chi connectivity index (χ0v) is 14.9. The highest BCUT2D eigenvalue weighted by atomic mass is 35.5. The SMILES string of the molecule is CCC(NC(=O)[C@@H](C)N)c1ccccc1OCC(=O)N(C)C.Cl. The third kappa shape index (κ3) is 6.46. The van der Waals surface area contributed by atoms with Gasteiger partial charge in [-0.2, -0.15) is 0 Å². The Balaban J connectivity index is 0.00000484. The number of nitrogens with zero attached hydrogens (tertiary/aromatic N) is 1. The number of ether oxygens (including phenoxy) is 1. The van der Waals surface area contributed by atoms with Crippen LogP contribution in [0.4, 0.5) is 0 Å². The van der Waals surface area contributed by atoms with Gasteiger partial charge in [0.15, 0.2) is 6.61 Å². The van der Waals surface area contributed by atoms with Gasteiger partial charge in [-0.1, -0.05) is 25.1 Å². The van der Waals surface area contributed by atoms with E-state index in [1.807, 2.05) is 25.1 Å². The summed E-state index contributed by atoms with van der Waals surface area (Å²) in [6.45, 7) is 3.57. The van der Waals surface area contributed by atoms with Gasteiger partial charge >= 0.3 is 0 Å². The van der Waals surface area contributed by atoms with Crippen LogP contribution < -0.4 is 15.8 Å². The molecule has 3 N–H and O–H groups in total. The Labute approximate surface area is 143 Å². The Kier molecular flexibility index (Phi) is 9.29. The summed E-state index contributed by atoms with van der Waals surface area (Å²) < 4.78 is 5.61. The van der Waals surface area contributed by atoms with E-state index in [0.717, 1.165) is 5.56 Å². The van der Waals surface area contributed by atoms with E-state index in [4.69, 9.17) is 10.5 Å². The summed E-state index contributed by atoms with van der Waals surface area (Å²) in [5.41, 5.74) is 6.43.